The Labute approximate surface area is 79.9 Å². The molecule has 0 fully saturated rings. The third-order valence-corrected chi connectivity index (χ3v) is 1.68. The van der Waals surface area contributed by atoms with Crippen LogP contribution in [0, 0.1) is 0 Å². The van der Waals surface area contributed by atoms with Gasteiger partial charge in [-0.05, 0) is 17.7 Å². The van der Waals surface area contributed by atoms with Crippen molar-refractivity contribution in [3.05, 3.63) is 29.8 Å². The number of carboxylic acids is 1. The lowest BCUT2D eigenvalue weighted by atomic mass is 10.1. The van der Waals surface area contributed by atoms with Gasteiger partial charge in [-0.3, -0.25) is 0 Å². The van der Waals surface area contributed by atoms with Gasteiger partial charge in [-0.15, -0.1) is 0 Å². The van der Waals surface area contributed by atoms with Crippen molar-refractivity contribution in [1.29, 1.82) is 0 Å². The van der Waals surface area contributed by atoms with Crippen molar-refractivity contribution in [2.24, 2.45) is 5.16 Å². The van der Waals surface area contributed by atoms with Crippen molar-refractivity contribution >= 4 is 11.7 Å². The van der Waals surface area contributed by atoms with Crippen LogP contribution in [0.1, 0.15) is 5.56 Å². The number of aliphatic carboxylic acids is 1. The van der Waals surface area contributed by atoms with Crippen molar-refractivity contribution < 1.29 is 20.2 Å². The first-order valence-electron chi connectivity index (χ1n) is 3.85. The molecule has 0 aliphatic rings. The summed E-state index contributed by atoms with van der Waals surface area (Å²) in [6.07, 6.45) is 0.0200. The number of nitrogens with zero attached hydrogens (tertiary/aromatic N) is 1. The van der Waals surface area contributed by atoms with E-state index in [1.165, 1.54) is 12.1 Å². The van der Waals surface area contributed by atoms with E-state index in [0.29, 0.717) is 5.56 Å². The van der Waals surface area contributed by atoms with Crippen molar-refractivity contribution in [3.8, 4) is 5.75 Å². The molecule has 0 amide bonds. The normalized spacial score (nSPS) is 11.3. The standard InChI is InChI=1S/C9H9NO4/c11-7-3-1-6(2-4-7)5-8(10-14)9(12)13/h1-4,11,14H,5H2,(H,12,13)/b10-8+. The minimum atomic E-state index is -1.26. The molecule has 1 aromatic rings. The first-order chi connectivity index (χ1) is 6.63. The molecule has 0 heterocycles. The highest BCUT2D eigenvalue weighted by Crippen LogP contribution is 2.10. The van der Waals surface area contributed by atoms with Crippen molar-refractivity contribution in [2.45, 2.75) is 6.42 Å². The molecule has 0 aliphatic carbocycles. The summed E-state index contributed by atoms with van der Waals surface area (Å²) < 4.78 is 0. The molecule has 14 heavy (non-hydrogen) atoms. The van der Waals surface area contributed by atoms with Crippen LogP contribution < -0.4 is 0 Å². The van der Waals surface area contributed by atoms with E-state index in [4.69, 9.17) is 15.4 Å². The number of rotatable bonds is 3. The Morgan fingerprint density at radius 3 is 2.29 bits per heavy atom. The van der Waals surface area contributed by atoms with E-state index >= 15 is 0 Å². The third-order valence-electron chi connectivity index (χ3n) is 1.68. The Kier molecular flexibility index (Phi) is 3.06. The summed E-state index contributed by atoms with van der Waals surface area (Å²) in [5.74, 6) is -1.16. The average Bonchev–Trinajstić information content (AvgIpc) is 2.16. The number of oxime groups is 1. The molecule has 0 spiro atoms. The van der Waals surface area contributed by atoms with E-state index in [-0.39, 0.29) is 17.9 Å². The quantitative estimate of drug-likeness (QED) is 0.379. The molecule has 0 bridgehead atoms. The molecule has 1 rings (SSSR count). The Hall–Kier alpha value is -2.04. The van der Waals surface area contributed by atoms with Crippen LogP contribution in [-0.4, -0.2) is 27.1 Å². The second-order valence-corrected chi connectivity index (χ2v) is 2.70. The van der Waals surface area contributed by atoms with Crippen LogP contribution in [0.5, 0.6) is 5.75 Å². The number of phenols is 1. The zero-order valence-corrected chi connectivity index (χ0v) is 7.21. The first-order valence-corrected chi connectivity index (χ1v) is 3.85. The lowest BCUT2D eigenvalue weighted by Gasteiger charge is -1.99. The van der Waals surface area contributed by atoms with E-state index in [9.17, 15) is 4.79 Å². The topological polar surface area (TPSA) is 90.1 Å². The number of benzene rings is 1. The number of aromatic hydroxyl groups is 1. The predicted octanol–water partition coefficient (Wildman–Crippen LogP) is 0.849. The summed E-state index contributed by atoms with van der Waals surface area (Å²) in [5, 5.41) is 28.5. The molecule has 0 unspecified atom stereocenters. The fourth-order valence-corrected chi connectivity index (χ4v) is 0.961. The van der Waals surface area contributed by atoms with Gasteiger partial charge in [0.05, 0.1) is 0 Å². The number of phenolic OH excluding ortho intramolecular Hbond substituents is 1. The molecule has 0 radical (unpaired) electrons. The second kappa shape index (κ2) is 4.27. The maximum absolute atomic E-state index is 10.5. The largest absolute Gasteiger partial charge is 0.508 e. The van der Waals surface area contributed by atoms with E-state index in [0.717, 1.165) is 0 Å². The molecule has 0 aromatic heterocycles. The van der Waals surface area contributed by atoms with E-state index in [2.05, 4.69) is 5.16 Å². The zero-order valence-electron chi connectivity index (χ0n) is 7.21. The summed E-state index contributed by atoms with van der Waals surface area (Å²) in [5.41, 5.74) is 0.314. The fraction of sp³-hybridized carbons (Fsp3) is 0.111. The molecule has 5 nitrogen and oxygen atoms in total. The lowest BCUT2D eigenvalue weighted by Crippen LogP contribution is -2.15. The van der Waals surface area contributed by atoms with Crippen LogP contribution in [0.2, 0.25) is 0 Å². The zero-order chi connectivity index (χ0) is 10.6. The van der Waals surface area contributed by atoms with Crippen molar-refractivity contribution in [3.63, 3.8) is 0 Å². The van der Waals surface area contributed by atoms with Gasteiger partial charge >= 0.3 is 5.97 Å². The van der Waals surface area contributed by atoms with Crippen LogP contribution >= 0.6 is 0 Å². The average molecular weight is 195 g/mol. The first kappa shape index (κ1) is 10.0. The summed E-state index contributed by atoms with van der Waals surface area (Å²) >= 11 is 0. The molecular formula is C9H9NO4. The number of hydrogen-bond acceptors (Lipinski definition) is 4. The smallest absolute Gasteiger partial charge is 0.354 e. The van der Waals surface area contributed by atoms with Gasteiger partial charge in [0.1, 0.15) is 5.75 Å². The van der Waals surface area contributed by atoms with Crippen LogP contribution in [0.25, 0.3) is 0 Å². The monoisotopic (exact) mass is 195 g/mol. The molecule has 0 atom stereocenters. The van der Waals surface area contributed by atoms with E-state index in [1.54, 1.807) is 12.1 Å². The van der Waals surface area contributed by atoms with Gasteiger partial charge in [-0.25, -0.2) is 4.79 Å². The maximum Gasteiger partial charge on any atom is 0.354 e. The SMILES string of the molecule is O=C(O)/C(Cc1ccc(O)cc1)=N/O. The summed E-state index contributed by atoms with van der Waals surface area (Å²) in [7, 11) is 0. The number of carboxylic acid groups (broad SMARTS) is 1. The maximum atomic E-state index is 10.5. The van der Waals surface area contributed by atoms with Crippen LogP contribution in [-0.2, 0) is 11.2 Å². The minimum Gasteiger partial charge on any atom is -0.508 e. The van der Waals surface area contributed by atoms with Crippen LogP contribution in [0.15, 0.2) is 29.4 Å². The third kappa shape index (κ3) is 2.48. The van der Waals surface area contributed by atoms with Gasteiger partial charge in [0.15, 0.2) is 5.71 Å². The highest BCUT2D eigenvalue weighted by molar-refractivity contribution is 6.35. The Morgan fingerprint density at radius 1 is 1.29 bits per heavy atom. The van der Waals surface area contributed by atoms with Gasteiger partial charge in [-0.2, -0.15) is 0 Å². The Balaban J connectivity index is 2.78. The second-order valence-electron chi connectivity index (χ2n) is 2.70. The molecule has 5 heteroatoms. The highest BCUT2D eigenvalue weighted by Gasteiger charge is 2.10. The van der Waals surface area contributed by atoms with Crippen LogP contribution in [0.3, 0.4) is 0 Å². The number of carbonyl (C=O) groups is 1. The lowest BCUT2D eigenvalue weighted by molar-refractivity contribution is -0.129. The van der Waals surface area contributed by atoms with E-state index < -0.39 is 5.97 Å². The van der Waals surface area contributed by atoms with Gasteiger partial charge in [0, 0.05) is 6.42 Å². The molecule has 0 saturated carbocycles. The minimum absolute atomic E-state index is 0.0200. The Bertz CT molecular complexity index is 356. The molecule has 0 aliphatic heterocycles. The summed E-state index contributed by atoms with van der Waals surface area (Å²) in [6, 6.07) is 5.99. The highest BCUT2D eigenvalue weighted by atomic mass is 16.4. The summed E-state index contributed by atoms with van der Waals surface area (Å²) in [4.78, 5) is 10.5. The van der Waals surface area contributed by atoms with Gasteiger partial charge in [0.2, 0.25) is 0 Å². The van der Waals surface area contributed by atoms with E-state index in [1.807, 2.05) is 0 Å². The summed E-state index contributed by atoms with van der Waals surface area (Å²) in [6.45, 7) is 0. The molecular weight excluding hydrogens is 186 g/mol. The molecule has 3 N–H and O–H groups in total. The molecule has 1 aromatic carbocycles. The Morgan fingerprint density at radius 2 is 1.86 bits per heavy atom. The van der Waals surface area contributed by atoms with Gasteiger partial charge in [0.25, 0.3) is 0 Å². The molecule has 0 saturated heterocycles. The van der Waals surface area contributed by atoms with Crippen molar-refractivity contribution in [2.75, 3.05) is 0 Å². The number of hydrogen-bond donors (Lipinski definition) is 3. The van der Waals surface area contributed by atoms with Crippen LogP contribution in [0.4, 0.5) is 0 Å². The molecule has 74 valence electrons. The predicted molar refractivity (Wildman–Crippen MR) is 48.7 cm³/mol. The van der Waals surface area contributed by atoms with Gasteiger partial charge < -0.3 is 15.4 Å². The van der Waals surface area contributed by atoms with Crippen molar-refractivity contribution in [1.82, 2.24) is 0 Å². The van der Waals surface area contributed by atoms with Gasteiger partial charge in [-0.1, -0.05) is 17.3 Å². The fourth-order valence-electron chi connectivity index (χ4n) is 0.961.